The van der Waals surface area contributed by atoms with E-state index in [2.05, 4.69) is 20.7 Å². The molecule has 0 aliphatic rings. The summed E-state index contributed by atoms with van der Waals surface area (Å²) < 4.78 is 17.8. The third-order valence-electron chi connectivity index (χ3n) is 1.76. The minimum Gasteiger partial charge on any atom is -0.468 e. The van der Waals surface area contributed by atoms with Crippen LogP contribution >= 0.6 is 28.3 Å². The van der Waals surface area contributed by atoms with Crippen LogP contribution in [0.3, 0.4) is 0 Å². The van der Waals surface area contributed by atoms with Crippen molar-refractivity contribution in [1.82, 2.24) is 0 Å². The first kappa shape index (κ1) is 14.3. The highest BCUT2D eigenvalue weighted by molar-refractivity contribution is 9.10. The summed E-state index contributed by atoms with van der Waals surface area (Å²) in [6.07, 6.45) is 0. The lowest BCUT2D eigenvalue weighted by molar-refractivity contribution is -0.142. The van der Waals surface area contributed by atoms with Crippen molar-refractivity contribution in [2.75, 3.05) is 7.11 Å². The van der Waals surface area contributed by atoms with Gasteiger partial charge in [-0.3, -0.25) is 4.79 Å². The number of ether oxygens (including phenoxy) is 1. The molecule has 3 nitrogen and oxygen atoms in total. The maximum Gasteiger partial charge on any atom is 0.327 e. The van der Waals surface area contributed by atoms with Gasteiger partial charge in [-0.2, -0.15) is 0 Å². The molecule has 2 N–H and O–H groups in total. The molecule has 6 heteroatoms. The Balaban J connectivity index is 0.00000196. The van der Waals surface area contributed by atoms with Crippen molar-refractivity contribution in [2.24, 2.45) is 5.73 Å². The minimum atomic E-state index is -0.942. The average molecular weight is 299 g/mol. The van der Waals surface area contributed by atoms with Crippen molar-refractivity contribution >= 4 is 34.3 Å². The zero-order chi connectivity index (χ0) is 10.7. The summed E-state index contributed by atoms with van der Waals surface area (Å²) >= 11 is 3.00. The summed E-state index contributed by atoms with van der Waals surface area (Å²) in [4.78, 5) is 11.0. The maximum absolute atomic E-state index is 13.1. The number of hydrogen-bond acceptors (Lipinski definition) is 3. The van der Waals surface area contributed by atoms with Gasteiger partial charge in [0.15, 0.2) is 0 Å². The molecule has 0 aliphatic heterocycles. The SMILES string of the molecule is COC(=O)[C@H](N)c1ccc(Br)c(F)c1.Cl. The Bertz CT molecular complexity index is 362. The lowest BCUT2D eigenvalue weighted by Crippen LogP contribution is -2.22. The average Bonchev–Trinajstić information content (AvgIpc) is 2.20. The van der Waals surface area contributed by atoms with Crippen LogP contribution in [-0.2, 0) is 9.53 Å². The highest BCUT2D eigenvalue weighted by atomic mass is 79.9. The van der Waals surface area contributed by atoms with Gasteiger partial charge in [-0.1, -0.05) is 6.07 Å². The highest BCUT2D eigenvalue weighted by Crippen LogP contribution is 2.20. The molecule has 0 bridgehead atoms. The number of methoxy groups -OCH3 is 1. The monoisotopic (exact) mass is 297 g/mol. The van der Waals surface area contributed by atoms with Crippen LogP contribution in [0.15, 0.2) is 22.7 Å². The molecule has 1 rings (SSSR count). The fraction of sp³-hybridized carbons (Fsp3) is 0.222. The summed E-state index contributed by atoms with van der Waals surface area (Å²) in [7, 11) is 1.23. The summed E-state index contributed by atoms with van der Waals surface area (Å²) in [5.41, 5.74) is 5.90. The second kappa shape index (κ2) is 6.05. The van der Waals surface area contributed by atoms with Crippen LogP contribution in [0.25, 0.3) is 0 Å². The van der Waals surface area contributed by atoms with Crippen molar-refractivity contribution in [3.05, 3.63) is 34.1 Å². The van der Waals surface area contributed by atoms with E-state index in [1.807, 2.05) is 0 Å². The number of hydrogen-bond donors (Lipinski definition) is 1. The van der Waals surface area contributed by atoms with Crippen LogP contribution in [0.2, 0.25) is 0 Å². The van der Waals surface area contributed by atoms with Crippen LogP contribution in [0, 0.1) is 5.82 Å². The Morgan fingerprint density at radius 3 is 2.67 bits per heavy atom. The quantitative estimate of drug-likeness (QED) is 0.852. The Morgan fingerprint density at radius 2 is 2.20 bits per heavy atom. The first-order valence-electron chi connectivity index (χ1n) is 3.84. The van der Waals surface area contributed by atoms with E-state index in [0.717, 1.165) is 0 Å². The van der Waals surface area contributed by atoms with Crippen molar-refractivity contribution in [3.8, 4) is 0 Å². The number of halogens is 3. The van der Waals surface area contributed by atoms with Gasteiger partial charge in [-0.25, -0.2) is 4.39 Å². The van der Waals surface area contributed by atoms with Gasteiger partial charge in [0.25, 0.3) is 0 Å². The molecule has 0 aliphatic carbocycles. The Morgan fingerprint density at radius 1 is 1.60 bits per heavy atom. The van der Waals surface area contributed by atoms with E-state index < -0.39 is 17.8 Å². The predicted molar refractivity (Wildman–Crippen MR) is 60.3 cm³/mol. The molecule has 0 saturated heterocycles. The molecule has 1 aromatic carbocycles. The van der Waals surface area contributed by atoms with Crippen LogP contribution in [0.5, 0.6) is 0 Å². The maximum atomic E-state index is 13.1. The van der Waals surface area contributed by atoms with Gasteiger partial charge in [0.1, 0.15) is 11.9 Å². The van der Waals surface area contributed by atoms with Gasteiger partial charge < -0.3 is 10.5 Å². The summed E-state index contributed by atoms with van der Waals surface area (Å²) in [6.45, 7) is 0. The molecular weight excluding hydrogens is 288 g/mol. The highest BCUT2D eigenvalue weighted by Gasteiger charge is 2.17. The van der Waals surface area contributed by atoms with Gasteiger partial charge in [-0.15, -0.1) is 12.4 Å². The predicted octanol–water partition coefficient (Wildman–Crippen LogP) is 2.18. The lowest BCUT2D eigenvalue weighted by Gasteiger charge is -2.09. The molecule has 0 heterocycles. The van der Waals surface area contributed by atoms with Crippen LogP contribution < -0.4 is 5.73 Å². The van der Waals surface area contributed by atoms with Crippen molar-refractivity contribution < 1.29 is 13.9 Å². The number of rotatable bonds is 2. The largest absolute Gasteiger partial charge is 0.468 e. The van der Waals surface area contributed by atoms with Gasteiger partial charge in [0.2, 0.25) is 0 Å². The Hall–Kier alpha value is -0.650. The van der Waals surface area contributed by atoms with E-state index in [0.29, 0.717) is 10.0 Å². The third-order valence-corrected chi connectivity index (χ3v) is 2.40. The van der Waals surface area contributed by atoms with E-state index in [-0.39, 0.29) is 12.4 Å². The summed E-state index contributed by atoms with van der Waals surface area (Å²) in [5, 5.41) is 0. The van der Waals surface area contributed by atoms with Crippen molar-refractivity contribution in [3.63, 3.8) is 0 Å². The number of benzene rings is 1. The number of carbonyl (C=O) groups is 1. The molecule has 0 radical (unpaired) electrons. The molecule has 0 fully saturated rings. The normalized spacial score (nSPS) is 11.5. The first-order valence-corrected chi connectivity index (χ1v) is 4.64. The van der Waals surface area contributed by atoms with Gasteiger partial charge in [-0.05, 0) is 33.6 Å². The van der Waals surface area contributed by atoms with Crippen LogP contribution in [-0.4, -0.2) is 13.1 Å². The summed E-state index contributed by atoms with van der Waals surface area (Å²) in [6, 6.07) is 3.32. The molecule has 1 atom stereocenters. The van der Waals surface area contributed by atoms with E-state index >= 15 is 0 Å². The van der Waals surface area contributed by atoms with E-state index in [4.69, 9.17) is 5.73 Å². The van der Waals surface area contributed by atoms with Crippen molar-refractivity contribution in [1.29, 1.82) is 0 Å². The van der Waals surface area contributed by atoms with Crippen LogP contribution in [0.1, 0.15) is 11.6 Å². The van der Waals surface area contributed by atoms with Gasteiger partial charge >= 0.3 is 5.97 Å². The fourth-order valence-electron chi connectivity index (χ4n) is 0.969. The molecule has 0 unspecified atom stereocenters. The standard InChI is InChI=1S/C9H9BrFNO2.ClH/c1-14-9(13)8(12)5-2-3-6(10)7(11)4-5;/h2-4,8H,12H2,1H3;1H/t8-;/m1./s1. The molecule has 0 amide bonds. The molecule has 0 saturated carbocycles. The molecule has 0 spiro atoms. The second-order valence-electron chi connectivity index (χ2n) is 2.67. The van der Waals surface area contributed by atoms with Gasteiger partial charge in [0, 0.05) is 0 Å². The number of esters is 1. The molecule has 84 valence electrons. The third kappa shape index (κ3) is 3.44. The smallest absolute Gasteiger partial charge is 0.327 e. The molecular formula is C9H10BrClFNO2. The summed E-state index contributed by atoms with van der Waals surface area (Å²) in [5.74, 6) is -1.05. The fourth-order valence-corrected chi connectivity index (χ4v) is 1.22. The Labute approximate surface area is 101 Å². The number of carbonyl (C=O) groups excluding carboxylic acids is 1. The Kier molecular flexibility index (Phi) is 5.79. The zero-order valence-electron chi connectivity index (χ0n) is 7.87. The first-order chi connectivity index (χ1) is 6.56. The molecule has 15 heavy (non-hydrogen) atoms. The number of nitrogens with two attached hydrogens (primary N) is 1. The van der Waals surface area contributed by atoms with E-state index in [9.17, 15) is 9.18 Å². The van der Waals surface area contributed by atoms with E-state index in [1.54, 1.807) is 6.07 Å². The topological polar surface area (TPSA) is 52.3 Å². The van der Waals surface area contributed by atoms with Gasteiger partial charge in [0.05, 0.1) is 11.6 Å². The zero-order valence-corrected chi connectivity index (χ0v) is 10.3. The molecule has 1 aromatic rings. The minimum absolute atomic E-state index is 0. The van der Waals surface area contributed by atoms with E-state index in [1.165, 1.54) is 19.2 Å². The van der Waals surface area contributed by atoms with Crippen LogP contribution in [0.4, 0.5) is 4.39 Å². The van der Waals surface area contributed by atoms with Crippen molar-refractivity contribution in [2.45, 2.75) is 6.04 Å². The molecule has 0 aromatic heterocycles. The second-order valence-corrected chi connectivity index (χ2v) is 3.53. The lowest BCUT2D eigenvalue weighted by atomic mass is 10.1.